The summed E-state index contributed by atoms with van der Waals surface area (Å²) in [6, 6.07) is 9.11. The van der Waals surface area contributed by atoms with E-state index in [0.717, 1.165) is 0 Å². The third-order valence-corrected chi connectivity index (χ3v) is 3.59. The first kappa shape index (κ1) is 19.1. The van der Waals surface area contributed by atoms with Crippen LogP contribution < -0.4 is 9.47 Å². The Kier molecular flexibility index (Phi) is 6.67. The summed E-state index contributed by atoms with van der Waals surface area (Å²) in [5.41, 5.74) is 0.471. The van der Waals surface area contributed by atoms with Crippen LogP contribution >= 0.6 is 23.2 Å². The van der Waals surface area contributed by atoms with E-state index in [9.17, 15) is 9.59 Å². The summed E-state index contributed by atoms with van der Waals surface area (Å²) in [7, 11) is 0. The van der Waals surface area contributed by atoms with E-state index in [-0.39, 0.29) is 34.3 Å². The van der Waals surface area contributed by atoms with E-state index in [0.29, 0.717) is 11.6 Å². The van der Waals surface area contributed by atoms with Gasteiger partial charge in [0, 0.05) is 5.02 Å². The first-order chi connectivity index (χ1) is 12.0. The van der Waals surface area contributed by atoms with Crippen molar-refractivity contribution in [1.82, 2.24) is 0 Å². The molecule has 2 aromatic rings. The zero-order chi connectivity index (χ0) is 18.4. The number of carbonyl (C=O) groups excluding carboxylic acids is 2. The van der Waals surface area contributed by atoms with Crippen LogP contribution in [0.25, 0.3) is 0 Å². The lowest BCUT2D eigenvalue weighted by Crippen LogP contribution is -2.11. The number of esters is 2. The summed E-state index contributed by atoms with van der Waals surface area (Å²) in [6.07, 6.45) is 0. The van der Waals surface area contributed by atoms with Crippen molar-refractivity contribution in [1.29, 1.82) is 0 Å². The monoisotopic (exact) mass is 382 g/mol. The van der Waals surface area contributed by atoms with E-state index in [1.54, 1.807) is 32.0 Å². The molecule has 0 aliphatic rings. The molecular formula is C18H16Cl2O5. The van der Waals surface area contributed by atoms with Crippen molar-refractivity contribution in [3.63, 3.8) is 0 Å². The predicted octanol–water partition coefficient (Wildman–Crippen LogP) is 4.79. The molecule has 0 heterocycles. The smallest absolute Gasteiger partial charge is 0.343 e. The molecule has 0 unspecified atom stereocenters. The van der Waals surface area contributed by atoms with E-state index >= 15 is 0 Å². The first-order valence-corrected chi connectivity index (χ1v) is 8.33. The molecule has 2 aromatic carbocycles. The van der Waals surface area contributed by atoms with E-state index in [1.807, 2.05) is 0 Å². The Morgan fingerprint density at radius 3 is 2.36 bits per heavy atom. The van der Waals surface area contributed by atoms with Crippen molar-refractivity contribution in [3.05, 3.63) is 57.6 Å². The van der Waals surface area contributed by atoms with Gasteiger partial charge in [0.1, 0.15) is 0 Å². The second-order valence-corrected chi connectivity index (χ2v) is 5.68. The lowest BCUT2D eigenvalue weighted by atomic mass is 10.2. The largest absolute Gasteiger partial charge is 0.490 e. The molecule has 132 valence electrons. The first-order valence-electron chi connectivity index (χ1n) is 7.57. The maximum Gasteiger partial charge on any atom is 0.343 e. The Bertz CT molecular complexity index is 789. The molecule has 0 saturated heterocycles. The minimum atomic E-state index is -0.644. The minimum Gasteiger partial charge on any atom is -0.490 e. The SMILES string of the molecule is CCOC(=O)c1cc(Cl)c(OC(=O)c2cccc(Cl)c2)c(OCC)c1. The topological polar surface area (TPSA) is 61.8 Å². The normalized spacial score (nSPS) is 10.2. The van der Waals surface area contributed by atoms with Crippen molar-refractivity contribution in [3.8, 4) is 11.5 Å². The van der Waals surface area contributed by atoms with E-state index in [1.165, 1.54) is 18.2 Å². The van der Waals surface area contributed by atoms with Crippen LogP contribution in [0.5, 0.6) is 11.5 Å². The molecule has 0 radical (unpaired) electrons. The fourth-order valence-electron chi connectivity index (χ4n) is 2.03. The molecule has 7 heteroatoms. The number of ether oxygens (including phenoxy) is 3. The fourth-order valence-corrected chi connectivity index (χ4v) is 2.47. The Morgan fingerprint density at radius 1 is 0.960 bits per heavy atom. The van der Waals surface area contributed by atoms with Crippen molar-refractivity contribution in [2.45, 2.75) is 13.8 Å². The third-order valence-electron chi connectivity index (χ3n) is 3.08. The molecule has 0 spiro atoms. The molecule has 2 rings (SSSR count). The molecule has 0 atom stereocenters. The predicted molar refractivity (Wildman–Crippen MR) is 95.0 cm³/mol. The van der Waals surface area contributed by atoms with Gasteiger partial charge in [-0.3, -0.25) is 0 Å². The van der Waals surface area contributed by atoms with Gasteiger partial charge in [0.05, 0.1) is 29.4 Å². The van der Waals surface area contributed by atoms with Crippen molar-refractivity contribution in [2.75, 3.05) is 13.2 Å². The third kappa shape index (κ3) is 4.87. The molecule has 0 fully saturated rings. The maximum atomic E-state index is 12.3. The molecule has 0 amide bonds. The lowest BCUT2D eigenvalue weighted by molar-refractivity contribution is 0.0526. The Morgan fingerprint density at radius 2 is 1.72 bits per heavy atom. The number of benzene rings is 2. The van der Waals surface area contributed by atoms with Gasteiger partial charge in [-0.2, -0.15) is 0 Å². The number of hydrogen-bond donors (Lipinski definition) is 0. The zero-order valence-electron chi connectivity index (χ0n) is 13.7. The van der Waals surface area contributed by atoms with Crippen LogP contribution in [0, 0.1) is 0 Å². The molecular weight excluding hydrogens is 367 g/mol. The van der Waals surface area contributed by atoms with Gasteiger partial charge in [0.2, 0.25) is 0 Å². The molecule has 0 aliphatic carbocycles. The van der Waals surface area contributed by atoms with Crippen LogP contribution in [0.3, 0.4) is 0 Å². The van der Waals surface area contributed by atoms with E-state index < -0.39 is 11.9 Å². The van der Waals surface area contributed by atoms with Crippen LogP contribution in [0.4, 0.5) is 0 Å². The van der Waals surface area contributed by atoms with Crippen molar-refractivity contribution >= 4 is 35.1 Å². The molecule has 0 saturated carbocycles. The Hall–Kier alpha value is -2.24. The lowest BCUT2D eigenvalue weighted by Gasteiger charge is -2.14. The van der Waals surface area contributed by atoms with Gasteiger partial charge in [0.25, 0.3) is 0 Å². The van der Waals surface area contributed by atoms with E-state index in [4.69, 9.17) is 37.4 Å². The highest BCUT2D eigenvalue weighted by Crippen LogP contribution is 2.37. The van der Waals surface area contributed by atoms with Gasteiger partial charge in [-0.1, -0.05) is 29.3 Å². The van der Waals surface area contributed by atoms with Crippen molar-refractivity contribution in [2.24, 2.45) is 0 Å². The molecule has 0 aromatic heterocycles. The highest BCUT2D eigenvalue weighted by molar-refractivity contribution is 6.33. The number of hydrogen-bond acceptors (Lipinski definition) is 5. The summed E-state index contributed by atoms with van der Waals surface area (Å²) in [6.45, 7) is 3.98. The van der Waals surface area contributed by atoms with Crippen molar-refractivity contribution < 1.29 is 23.8 Å². The fraction of sp³-hybridized carbons (Fsp3) is 0.222. The maximum absolute atomic E-state index is 12.3. The minimum absolute atomic E-state index is 0.0292. The number of carbonyl (C=O) groups is 2. The van der Waals surface area contributed by atoms with Gasteiger partial charge >= 0.3 is 11.9 Å². The quantitative estimate of drug-likeness (QED) is 0.530. The van der Waals surface area contributed by atoms with Gasteiger partial charge in [-0.05, 0) is 44.2 Å². The second kappa shape index (κ2) is 8.74. The van der Waals surface area contributed by atoms with Gasteiger partial charge in [-0.15, -0.1) is 0 Å². The van der Waals surface area contributed by atoms with Crippen LogP contribution in [-0.4, -0.2) is 25.2 Å². The molecule has 25 heavy (non-hydrogen) atoms. The Labute approximate surface area is 155 Å². The van der Waals surface area contributed by atoms with Crippen LogP contribution in [0.15, 0.2) is 36.4 Å². The number of rotatable bonds is 6. The molecule has 0 aliphatic heterocycles. The average Bonchev–Trinajstić information content (AvgIpc) is 2.58. The van der Waals surface area contributed by atoms with Crippen LogP contribution in [0.2, 0.25) is 10.0 Å². The molecule has 0 N–H and O–H groups in total. The summed E-state index contributed by atoms with van der Waals surface area (Å²) in [5, 5.41) is 0.465. The van der Waals surface area contributed by atoms with Crippen LogP contribution in [0.1, 0.15) is 34.6 Å². The van der Waals surface area contributed by atoms with E-state index in [2.05, 4.69) is 0 Å². The van der Waals surface area contributed by atoms with Crippen LogP contribution in [-0.2, 0) is 4.74 Å². The Balaban J connectivity index is 2.35. The standard InChI is InChI=1S/C18H16Cl2O5/c1-3-23-15-10-12(17(21)24-4-2)9-14(20)16(15)25-18(22)11-6-5-7-13(19)8-11/h5-10H,3-4H2,1-2H3. The summed E-state index contributed by atoms with van der Waals surface area (Å²) in [4.78, 5) is 24.2. The van der Waals surface area contributed by atoms with Gasteiger partial charge < -0.3 is 14.2 Å². The number of halogens is 2. The van der Waals surface area contributed by atoms with Gasteiger partial charge in [-0.25, -0.2) is 9.59 Å². The zero-order valence-corrected chi connectivity index (χ0v) is 15.2. The summed E-state index contributed by atoms with van der Waals surface area (Å²) < 4.78 is 15.8. The molecule has 0 bridgehead atoms. The summed E-state index contributed by atoms with van der Waals surface area (Å²) in [5.74, 6) is -0.984. The second-order valence-electron chi connectivity index (χ2n) is 4.84. The molecule has 5 nitrogen and oxygen atoms in total. The average molecular weight is 383 g/mol. The van der Waals surface area contributed by atoms with Gasteiger partial charge in [0.15, 0.2) is 11.5 Å². The summed E-state index contributed by atoms with van der Waals surface area (Å²) >= 11 is 12.1. The highest BCUT2D eigenvalue weighted by Gasteiger charge is 2.20. The highest BCUT2D eigenvalue weighted by atomic mass is 35.5.